The summed E-state index contributed by atoms with van der Waals surface area (Å²) in [7, 11) is 0. The molecule has 4 rings (SSSR count). The number of β-lactam (4-membered cyclic amide) rings is 1. The zero-order valence-electron chi connectivity index (χ0n) is 16.4. The maximum atomic E-state index is 12.3. The quantitative estimate of drug-likeness (QED) is 0.0848. The van der Waals surface area contributed by atoms with Gasteiger partial charge >= 0.3 is 5.97 Å². The number of fused-ring (bicyclic) bond motifs is 1. The van der Waals surface area contributed by atoms with E-state index < -0.39 is 11.9 Å². The first kappa shape index (κ1) is 23.3. The molecule has 0 bridgehead atoms. The van der Waals surface area contributed by atoms with Gasteiger partial charge in [0.25, 0.3) is 5.91 Å². The van der Waals surface area contributed by atoms with Crippen molar-refractivity contribution >= 4 is 75.2 Å². The first-order chi connectivity index (χ1) is 15.9. The number of anilines is 1. The average molecular weight is 530 g/mol. The summed E-state index contributed by atoms with van der Waals surface area (Å²) < 4.78 is 1.32. The van der Waals surface area contributed by atoms with Crippen LogP contribution in [0.1, 0.15) is 12.1 Å². The second-order valence-corrected chi connectivity index (χ2v) is 10.8. The van der Waals surface area contributed by atoms with Gasteiger partial charge in [-0.3, -0.25) is 14.5 Å². The number of carboxylic acid groups (broad SMARTS) is 1. The summed E-state index contributed by atoms with van der Waals surface area (Å²) in [5.41, 5.74) is 5.40. The van der Waals surface area contributed by atoms with E-state index in [1.54, 1.807) is 0 Å². The molecule has 2 aromatic heterocycles. The molecule has 1 fully saturated rings. The molecular formula is C15H15N9O5S4. The number of tetrazole rings is 1. The van der Waals surface area contributed by atoms with Gasteiger partial charge in [-0.2, -0.15) is 0 Å². The molecule has 2 aliphatic rings. The van der Waals surface area contributed by atoms with Crippen molar-refractivity contribution in [2.45, 2.75) is 23.6 Å². The SMILES string of the molecule is Nc1nc(/C(=N/O)C(=O)NCn2nnnc2SCSC2=C(C(=O)O)N3C(=O)CC3SC2)cs1. The second-order valence-electron chi connectivity index (χ2n) is 6.36. The van der Waals surface area contributed by atoms with Gasteiger partial charge < -0.3 is 21.4 Å². The molecule has 1 unspecified atom stereocenters. The van der Waals surface area contributed by atoms with Crippen LogP contribution in [0.2, 0.25) is 0 Å². The zero-order chi connectivity index (χ0) is 23.5. The lowest BCUT2D eigenvalue weighted by Gasteiger charge is -2.43. The molecule has 2 aliphatic heterocycles. The monoisotopic (exact) mass is 529 g/mol. The number of nitrogens with zero attached hydrogens (tertiary/aromatic N) is 7. The summed E-state index contributed by atoms with van der Waals surface area (Å²) in [6.45, 7) is -0.111. The van der Waals surface area contributed by atoms with Gasteiger partial charge in [-0.1, -0.05) is 16.9 Å². The number of hydrogen-bond donors (Lipinski definition) is 4. The summed E-state index contributed by atoms with van der Waals surface area (Å²) in [6.07, 6.45) is 0.354. The number of thiazole rings is 1. The second kappa shape index (κ2) is 9.98. The van der Waals surface area contributed by atoms with E-state index >= 15 is 0 Å². The summed E-state index contributed by atoms with van der Waals surface area (Å²) in [5, 5.41) is 37.9. The molecule has 0 aliphatic carbocycles. The average Bonchev–Trinajstić information content (AvgIpc) is 3.41. The Hall–Kier alpha value is -2.83. The third kappa shape index (κ3) is 4.92. The van der Waals surface area contributed by atoms with Crippen LogP contribution in [0.5, 0.6) is 0 Å². The molecule has 33 heavy (non-hydrogen) atoms. The van der Waals surface area contributed by atoms with Crippen LogP contribution in [0.15, 0.2) is 26.3 Å². The molecular weight excluding hydrogens is 514 g/mol. The van der Waals surface area contributed by atoms with E-state index in [-0.39, 0.29) is 40.2 Å². The van der Waals surface area contributed by atoms with Crippen LogP contribution >= 0.6 is 46.6 Å². The molecule has 174 valence electrons. The van der Waals surface area contributed by atoms with Crippen LogP contribution in [-0.4, -0.2) is 80.1 Å². The number of hydrogen-bond acceptors (Lipinski definition) is 14. The Kier molecular flexibility index (Phi) is 7.05. The lowest BCUT2D eigenvalue weighted by molar-refractivity contribution is -0.146. The predicted molar refractivity (Wildman–Crippen MR) is 121 cm³/mol. The van der Waals surface area contributed by atoms with Crippen molar-refractivity contribution in [1.29, 1.82) is 0 Å². The van der Waals surface area contributed by atoms with Crippen molar-refractivity contribution in [3.05, 3.63) is 21.7 Å². The molecule has 14 nitrogen and oxygen atoms in total. The third-order valence-corrected chi connectivity index (χ3v) is 8.66. The van der Waals surface area contributed by atoms with E-state index in [9.17, 15) is 19.5 Å². The highest BCUT2D eigenvalue weighted by atomic mass is 32.2. The Morgan fingerprint density at radius 2 is 2.21 bits per heavy atom. The fourth-order valence-corrected chi connectivity index (χ4v) is 6.98. The smallest absolute Gasteiger partial charge is 0.353 e. The summed E-state index contributed by atoms with van der Waals surface area (Å²) in [6, 6.07) is 0. The number of carboxylic acids is 1. The number of oxime groups is 1. The number of nitrogens with one attached hydrogen (secondary N) is 1. The van der Waals surface area contributed by atoms with Crippen molar-refractivity contribution in [2.24, 2.45) is 5.16 Å². The number of nitrogen functional groups attached to an aromatic ring is 1. The van der Waals surface area contributed by atoms with Gasteiger partial charge in [0, 0.05) is 16.0 Å². The van der Waals surface area contributed by atoms with Gasteiger partial charge in [-0.25, -0.2) is 14.5 Å². The number of thioether (sulfide) groups is 3. The number of carbonyl (C=O) groups excluding carboxylic acids is 2. The third-order valence-electron chi connectivity index (χ3n) is 4.41. The van der Waals surface area contributed by atoms with Gasteiger partial charge in [-0.15, -0.1) is 40.0 Å². The van der Waals surface area contributed by atoms with Crippen molar-refractivity contribution in [3.63, 3.8) is 0 Å². The van der Waals surface area contributed by atoms with Crippen molar-refractivity contribution in [1.82, 2.24) is 35.4 Å². The first-order valence-electron chi connectivity index (χ1n) is 9.02. The van der Waals surface area contributed by atoms with Crippen LogP contribution < -0.4 is 11.1 Å². The van der Waals surface area contributed by atoms with E-state index in [0.717, 1.165) is 11.3 Å². The lowest BCUT2D eigenvalue weighted by atomic mass is 10.1. The number of rotatable bonds is 9. The van der Waals surface area contributed by atoms with Crippen LogP contribution in [-0.2, 0) is 21.1 Å². The molecule has 1 atom stereocenters. The van der Waals surface area contributed by atoms with Crippen LogP contribution in [0.4, 0.5) is 5.13 Å². The highest BCUT2D eigenvalue weighted by Gasteiger charge is 2.45. The normalized spacial score (nSPS) is 18.2. The van der Waals surface area contributed by atoms with Gasteiger partial charge in [-0.05, 0) is 10.4 Å². The molecule has 0 radical (unpaired) electrons. The number of carbonyl (C=O) groups is 3. The number of nitrogens with two attached hydrogens (primary N) is 1. The molecule has 0 spiro atoms. The zero-order valence-corrected chi connectivity index (χ0v) is 19.7. The Balaban J connectivity index is 1.34. The largest absolute Gasteiger partial charge is 0.477 e. The predicted octanol–water partition coefficient (Wildman–Crippen LogP) is 0.0482. The van der Waals surface area contributed by atoms with Crippen LogP contribution in [0.25, 0.3) is 0 Å². The van der Waals surface area contributed by atoms with Crippen molar-refractivity contribution in [2.75, 3.05) is 16.6 Å². The minimum atomic E-state index is -1.13. The highest BCUT2D eigenvalue weighted by molar-refractivity contribution is 8.18. The Morgan fingerprint density at radius 1 is 1.39 bits per heavy atom. The standard InChI is InChI=1S/C15H15N9O5S4/c16-14-18-6(2-31-14)10(20-29)12(26)17-4-23-15(19-21-22-23)33-5-32-7-3-30-9-1-8(25)24(9)11(7)13(27)28/h2,9,29H,1,3-5H2,(H2,16,18)(H,17,26)(H,27,28)/b20-10-. The topological polar surface area (TPSA) is 202 Å². The first-order valence-corrected chi connectivity index (χ1v) is 12.9. The van der Waals surface area contributed by atoms with Crippen molar-refractivity contribution in [3.8, 4) is 0 Å². The fourth-order valence-electron chi connectivity index (χ4n) is 2.89. The Labute approximate surface area is 202 Å². The summed E-state index contributed by atoms with van der Waals surface area (Å²) in [5.74, 6) is -1.52. The Bertz CT molecular complexity index is 1160. The highest BCUT2D eigenvalue weighted by Crippen LogP contribution is 2.43. The van der Waals surface area contributed by atoms with Gasteiger partial charge in [0.2, 0.25) is 11.1 Å². The Morgan fingerprint density at radius 3 is 2.88 bits per heavy atom. The summed E-state index contributed by atoms with van der Waals surface area (Å²) >= 11 is 5.16. The number of amides is 2. The molecule has 4 heterocycles. The molecule has 0 aromatic carbocycles. The minimum absolute atomic E-state index is 0.0333. The van der Waals surface area contributed by atoms with E-state index in [1.807, 2.05) is 0 Å². The van der Waals surface area contributed by atoms with Crippen molar-refractivity contribution < 1.29 is 24.7 Å². The van der Waals surface area contributed by atoms with Gasteiger partial charge in [0.05, 0.1) is 16.9 Å². The minimum Gasteiger partial charge on any atom is -0.477 e. The van der Waals surface area contributed by atoms with Gasteiger partial charge in [0.15, 0.2) is 10.8 Å². The van der Waals surface area contributed by atoms with Crippen LogP contribution in [0.3, 0.4) is 0 Å². The molecule has 0 saturated carbocycles. The van der Waals surface area contributed by atoms with E-state index in [1.165, 1.54) is 50.2 Å². The maximum absolute atomic E-state index is 12.3. The summed E-state index contributed by atoms with van der Waals surface area (Å²) in [4.78, 5) is 41.7. The molecule has 2 aromatic rings. The number of aliphatic carboxylic acids is 1. The lowest BCUT2D eigenvalue weighted by Crippen LogP contribution is -2.53. The number of aromatic nitrogens is 5. The molecule has 5 N–H and O–H groups in total. The molecule has 1 saturated heterocycles. The molecule has 18 heteroatoms. The van der Waals surface area contributed by atoms with Gasteiger partial charge in [0.1, 0.15) is 18.1 Å². The maximum Gasteiger partial charge on any atom is 0.353 e. The van der Waals surface area contributed by atoms with E-state index in [2.05, 4.69) is 31.0 Å². The molecule has 2 amide bonds. The van der Waals surface area contributed by atoms with E-state index in [4.69, 9.17) is 10.9 Å². The van der Waals surface area contributed by atoms with Crippen LogP contribution in [0, 0.1) is 0 Å². The fraction of sp³-hybridized carbons (Fsp3) is 0.333. The van der Waals surface area contributed by atoms with E-state index in [0.29, 0.717) is 27.3 Å².